The lowest BCUT2D eigenvalue weighted by atomic mass is 9.97. The van der Waals surface area contributed by atoms with Crippen LogP contribution in [-0.4, -0.2) is 36.9 Å². The summed E-state index contributed by atoms with van der Waals surface area (Å²) in [5.74, 6) is -1.47. The van der Waals surface area contributed by atoms with Gasteiger partial charge in [0.15, 0.2) is 12.1 Å². The molecule has 2 aliphatic heterocycles. The van der Waals surface area contributed by atoms with E-state index in [9.17, 15) is 13.6 Å². The molecule has 3 atom stereocenters. The molecule has 7 heteroatoms. The van der Waals surface area contributed by atoms with Crippen LogP contribution in [-0.2, 0) is 23.7 Å². The van der Waals surface area contributed by atoms with Gasteiger partial charge in [-0.05, 0) is 34.6 Å². The number of hydrogen-bond acceptors (Lipinski definition) is 5. The van der Waals surface area contributed by atoms with Crippen molar-refractivity contribution in [3.63, 3.8) is 0 Å². The molecule has 0 amide bonds. The van der Waals surface area contributed by atoms with E-state index in [4.69, 9.17) is 18.9 Å². The van der Waals surface area contributed by atoms with Gasteiger partial charge in [0.2, 0.25) is 0 Å². The summed E-state index contributed by atoms with van der Waals surface area (Å²) in [5.41, 5.74) is -1.02. The fraction of sp³-hybridized carbons (Fsp3) is 0.786. The average Bonchev–Trinajstić information content (AvgIpc) is 2.74. The van der Waals surface area contributed by atoms with Crippen molar-refractivity contribution in [1.29, 1.82) is 0 Å². The molecule has 0 spiro atoms. The molecule has 21 heavy (non-hydrogen) atoms. The second-order valence-corrected chi connectivity index (χ2v) is 6.61. The molecule has 0 saturated carbocycles. The molecule has 0 N–H and O–H groups in total. The van der Waals surface area contributed by atoms with Gasteiger partial charge in [0.05, 0.1) is 11.0 Å². The summed E-state index contributed by atoms with van der Waals surface area (Å²) in [6.45, 7) is 8.00. The Morgan fingerprint density at radius 2 is 1.90 bits per heavy atom. The smallest absolute Gasteiger partial charge is 0.311 e. The van der Waals surface area contributed by atoms with Gasteiger partial charge in [0.25, 0.3) is 6.08 Å². The lowest BCUT2D eigenvalue weighted by molar-refractivity contribution is -0.205. The molecule has 0 bridgehead atoms. The van der Waals surface area contributed by atoms with E-state index in [1.807, 2.05) is 0 Å². The van der Waals surface area contributed by atoms with Crippen LogP contribution in [0.2, 0.25) is 0 Å². The topological polar surface area (TPSA) is 54.0 Å². The van der Waals surface area contributed by atoms with Crippen molar-refractivity contribution in [2.75, 3.05) is 6.61 Å². The van der Waals surface area contributed by atoms with E-state index >= 15 is 0 Å². The predicted octanol–water partition coefficient (Wildman–Crippen LogP) is 2.60. The molecule has 0 aromatic carbocycles. The van der Waals surface area contributed by atoms with Crippen LogP contribution < -0.4 is 0 Å². The number of hydrogen-bond donors (Lipinski definition) is 0. The van der Waals surface area contributed by atoms with Crippen molar-refractivity contribution in [2.45, 2.75) is 58.9 Å². The van der Waals surface area contributed by atoms with Crippen LogP contribution in [0.3, 0.4) is 0 Å². The predicted molar refractivity (Wildman–Crippen MR) is 68.4 cm³/mol. The first-order valence-electron chi connectivity index (χ1n) is 6.74. The van der Waals surface area contributed by atoms with E-state index in [1.54, 1.807) is 34.6 Å². The number of carbonyl (C=O) groups is 1. The highest BCUT2D eigenvalue weighted by Crippen LogP contribution is 2.42. The van der Waals surface area contributed by atoms with Gasteiger partial charge in [0.1, 0.15) is 18.8 Å². The lowest BCUT2D eigenvalue weighted by Gasteiger charge is -2.22. The van der Waals surface area contributed by atoms with Crippen LogP contribution in [0, 0.1) is 5.41 Å². The van der Waals surface area contributed by atoms with Gasteiger partial charge >= 0.3 is 5.97 Å². The fourth-order valence-corrected chi connectivity index (χ4v) is 2.18. The van der Waals surface area contributed by atoms with Crippen LogP contribution in [0.15, 0.2) is 11.7 Å². The molecule has 0 aliphatic carbocycles. The molecule has 0 aromatic heterocycles. The summed E-state index contributed by atoms with van der Waals surface area (Å²) in [4.78, 5) is 11.7. The van der Waals surface area contributed by atoms with Crippen LogP contribution >= 0.6 is 0 Å². The number of rotatable bonds is 2. The van der Waals surface area contributed by atoms with E-state index in [0.717, 1.165) is 0 Å². The largest absolute Gasteiger partial charge is 0.462 e. The molecule has 5 nitrogen and oxygen atoms in total. The van der Waals surface area contributed by atoms with Gasteiger partial charge in [-0.3, -0.25) is 4.79 Å². The first-order chi connectivity index (χ1) is 9.51. The SMILES string of the molecule is CC1(C)O[C@H]2O[C@H](COC(=O)C(C)(C)C)C(=C(F)F)[C@H]2O1. The van der Waals surface area contributed by atoms with Crippen molar-refractivity contribution in [1.82, 2.24) is 0 Å². The van der Waals surface area contributed by atoms with E-state index in [2.05, 4.69) is 0 Å². The maximum atomic E-state index is 13.2. The minimum absolute atomic E-state index is 0.289. The first-order valence-corrected chi connectivity index (χ1v) is 6.74. The number of esters is 1. The molecular formula is C14H20F2O5. The maximum absolute atomic E-state index is 13.2. The van der Waals surface area contributed by atoms with E-state index in [-0.39, 0.29) is 12.2 Å². The van der Waals surface area contributed by atoms with Gasteiger partial charge in [-0.15, -0.1) is 0 Å². The molecule has 2 aliphatic rings. The molecule has 120 valence electrons. The fourth-order valence-electron chi connectivity index (χ4n) is 2.18. The Morgan fingerprint density at radius 1 is 1.29 bits per heavy atom. The first kappa shape index (κ1) is 16.3. The molecule has 2 fully saturated rings. The molecule has 2 saturated heterocycles. The minimum Gasteiger partial charge on any atom is -0.462 e. The molecule has 0 radical (unpaired) electrons. The van der Waals surface area contributed by atoms with E-state index in [0.29, 0.717) is 0 Å². The highest BCUT2D eigenvalue weighted by atomic mass is 19.3. The van der Waals surface area contributed by atoms with Gasteiger partial charge in [-0.1, -0.05) is 0 Å². The number of carbonyl (C=O) groups excluding carboxylic acids is 1. The van der Waals surface area contributed by atoms with Gasteiger partial charge in [-0.2, -0.15) is 8.78 Å². The maximum Gasteiger partial charge on any atom is 0.311 e. The Bertz CT molecular complexity index is 462. The van der Waals surface area contributed by atoms with Crippen molar-refractivity contribution in [3.05, 3.63) is 11.7 Å². The molecule has 0 aromatic rings. The molecule has 0 unspecified atom stereocenters. The standard InChI is InChI=1S/C14H20F2O5/c1-13(2,3)12(17)18-6-7-8(10(15)16)9-11(19-7)21-14(4,5)20-9/h7,9,11H,6H2,1-5H3/t7-,9-,11-/m1/s1. The number of halogens is 2. The third-order valence-electron chi connectivity index (χ3n) is 3.21. The molecular weight excluding hydrogens is 286 g/mol. The zero-order chi connectivity index (χ0) is 16.0. The van der Waals surface area contributed by atoms with Crippen molar-refractivity contribution < 1.29 is 32.5 Å². The minimum atomic E-state index is -1.89. The van der Waals surface area contributed by atoms with Gasteiger partial charge in [0, 0.05) is 0 Å². The summed E-state index contributed by atoms with van der Waals surface area (Å²) in [6.07, 6.45) is -4.81. The summed E-state index contributed by atoms with van der Waals surface area (Å²) in [6, 6.07) is 0. The second kappa shape index (κ2) is 5.30. The van der Waals surface area contributed by atoms with Gasteiger partial charge < -0.3 is 18.9 Å². The summed E-state index contributed by atoms with van der Waals surface area (Å²) in [5, 5.41) is 0. The van der Waals surface area contributed by atoms with Gasteiger partial charge in [-0.25, -0.2) is 0 Å². The lowest BCUT2D eigenvalue weighted by Crippen LogP contribution is -2.30. The third kappa shape index (κ3) is 3.41. The van der Waals surface area contributed by atoms with Crippen molar-refractivity contribution in [3.8, 4) is 0 Å². The van der Waals surface area contributed by atoms with E-state index in [1.165, 1.54) is 0 Å². The highest BCUT2D eigenvalue weighted by molar-refractivity contribution is 5.75. The Morgan fingerprint density at radius 3 is 2.43 bits per heavy atom. The zero-order valence-electron chi connectivity index (χ0n) is 12.7. The van der Waals surface area contributed by atoms with Crippen LogP contribution in [0.5, 0.6) is 0 Å². The molecule has 2 heterocycles. The van der Waals surface area contributed by atoms with Crippen LogP contribution in [0.25, 0.3) is 0 Å². The zero-order valence-corrected chi connectivity index (χ0v) is 12.7. The van der Waals surface area contributed by atoms with Crippen molar-refractivity contribution in [2.24, 2.45) is 5.41 Å². The second-order valence-electron chi connectivity index (χ2n) is 6.61. The summed E-state index contributed by atoms with van der Waals surface area (Å²) >= 11 is 0. The Balaban J connectivity index is 2.06. The number of fused-ring (bicyclic) bond motifs is 1. The van der Waals surface area contributed by atoms with Crippen molar-refractivity contribution >= 4 is 5.97 Å². The summed E-state index contributed by atoms with van der Waals surface area (Å²) < 4.78 is 47.6. The normalized spacial score (nSPS) is 31.2. The summed E-state index contributed by atoms with van der Waals surface area (Å²) in [7, 11) is 0. The molecule has 2 rings (SSSR count). The Kier molecular flexibility index (Phi) is 4.12. The Labute approximate surface area is 122 Å². The van der Waals surface area contributed by atoms with Crippen LogP contribution in [0.1, 0.15) is 34.6 Å². The average molecular weight is 306 g/mol. The monoisotopic (exact) mass is 306 g/mol. The quantitative estimate of drug-likeness (QED) is 0.734. The highest BCUT2D eigenvalue weighted by Gasteiger charge is 2.53. The third-order valence-corrected chi connectivity index (χ3v) is 3.21. The number of ether oxygens (including phenoxy) is 4. The van der Waals surface area contributed by atoms with Crippen LogP contribution in [0.4, 0.5) is 8.78 Å². The Hall–Kier alpha value is -1.05. The van der Waals surface area contributed by atoms with E-state index < -0.39 is 41.8 Å².